The number of rotatable bonds is 8. The Bertz CT molecular complexity index is 722. The Hall–Kier alpha value is -2.08. The van der Waals surface area contributed by atoms with Gasteiger partial charge < -0.3 is 14.9 Å². The van der Waals surface area contributed by atoms with Gasteiger partial charge in [-0.2, -0.15) is 0 Å². The third-order valence-electron chi connectivity index (χ3n) is 5.18. The fourth-order valence-corrected chi connectivity index (χ4v) is 3.77. The van der Waals surface area contributed by atoms with Gasteiger partial charge in [-0.05, 0) is 25.5 Å². The topological polar surface area (TPSA) is 56.2 Å². The van der Waals surface area contributed by atoms with Crippen molar-refractivity contribution >= 4 is 0 Å². The van der Waals surface area contributed by atoms with Crippen LogP contribution in [-0.2, 0) is 13.1 Å². The second-order valence-corrected chi connectivity index (χ2v) is 7.04. The molecule has 3 rings (SSSR count). The van der Waals surface area contributed by atoms with Gasteiger partial charge in [0.2, 0.25) is 0 Å². The molecular weight excluding hydrogens is 340 g/mol. The Balaban J connectivity index is 1.67. The molecule has 0 unspecified atom stereocenters. The van der Waals surface area contributed by atoms with E-state index >= 15 is 0 Å². The van der Waals surface area contributed by atoms with E-state index in [1.807, 2.05) is 43.3 Å². The average molecular weight is 370 g/mol. The maximum Gasteiger partial charge on any atom is 0.123 e. The normalized spacial score (nSPS) is 18.5. The van der Waals surface area contributed by atoms with Crippen molar-refractivity contribution in [2.45, 2.75) is 32.5 Å². The van der Waals surface area contributed by atoms with Crippen LogP contribution in [-0.4, -0.2) is 58.9 Å². The van der Waals surface area contributed by atoms with Crippen LogP contribution in [0, 0.1) is 0 Å². The van der Waals surface area contributed by atoms with Gasteiger partial charge in [0.1, 0.15) is 11.5 Å². The van der Waals surface area contributed by atoms with E-state index in [9.17, 15) is 10.2 Å². The van der Waals surface area contributed by atoms with E-state index in [4.69, 9.17) is 4.74 Å². The fraction of sp³-hybridized carbons (Fsp3) is 0.455. The molecule has 0 aromatic heterocycles. The van der Waals surface area contributed by atoms with Crippen molar-refractivity contribution in [2.75, 3.05) is 32.8 Å². The Morgan fingerprint density at radius 2 is 1.74 bits per heavy atom. The Morgan fingerprint density at radius 3 is 2.48 bits per heavy atom. The minimum absolute atomic E-state index is 0.179. The molecule has 27 heavy (non-hydrogen) atoms. The molecule has 0 bridgehead atoms. The summed E-state index contributed by atoms with van der Waals surface area (Å²) in [5.74, 6) is 1.30. The summed E-state index contributed by atoms with van der Waals surface area (Å²) in [7, 11) is 0. The maximum atomic E-state index is 10.0. The highest BCUT2D eigenvalue weighted by molar-refractivity contribution is 5.33. The van der Waals surface area contributed by atoms with E-state index in [1.54, 1.807) is 6.07 Å². The smallest absolute Gasteiger partial charge is 0.123 e. The lowest BCUT2D eigenvalue weighted by Gasteiger charge is -2.41. The summed E-state index contributed by atoms with van der Waals surface area (Å²) in [5.41, 5.74) is 2.15. The molecule has 1 aliphatic rings. The number of benzene rings is 2. The molecule has 5 nitrogen and oxygen atoms in total. The quantitative estimate of drug-likeness (QED) is 0.748. The summed E-state index contributed by atoms with van der Waals surface area (Å²) >= 11 is 0. The van der Waals surface area contributed by atoms with Crippen LogP contribution in [0.1, 0.15) is 24.5 Å². The highest BCUT2D eigenvalue weighted by Gasteiger charge is 2.27. The highest BCUT2D eigenvalue weighted by atomic mass is 16.5. The van der Waals surface area contributed by atoms with Crippen LogP contribution in [0.5, 0.6) is 11.5 Å². The van der Waals surface area contributed by atoms with Crippen molar-refractivity contribution in [1.29, 1.82) is 0 Å². The van der Waals surface area contributed by atoms with Crippen LogP contribution >= 0.6 is 0 Å². The summed E-state index contributed by atoms with van der Waals surface area (Å²) in [4.78, 5) is 4.80. The van der Waals surface area contributed by atoms with Crippen molar-refractivity contribution < 1.29 is 14.9 Å². The van der Waals surface area contributed by atoms with Crippen molar-refractivity contribution in [3.63, 3.8) is 0 Å². The third kappa shape index (κ3) is 5.22. The van der Waals surface area contributed by atoms with E-state index in [0.29, 0.717) is 12.4 Å². The number of nitrogens with zero attached hydrogens (tertiary/aromatic N) is 2. The minimum Gasteiger partial charge on any atom is -0.508 e. The molecule has 1 saturated heterocycles. The van der Waals surface area contributed by atoms with Gasteiger partial charge in [-0.15, -0.1) is 0 Å². The van der Waals surface area contributed by atoms with Gasteiger partial charge in [0, 0.05) is 56.5 Å². The number of para-hydroxylation sites is 2. The molecule has 2 N–H and O–H groups in total. The van der Waals surface area contributed by atoms with Crippen LogP contribution in [0.4, 0.5) is 0 Å². The van der Waals surface area contributed by atoms with E-state index in [2.05, 4.69) is 15.9 Å². The summed E-state index contributed by atoms with van der Waals surface area (Å²) in [6.45, 7) is 7.15. The number of ether oxygens (including phenoxy) is 1. The molecule has 0 aliphatic carbocycles. The number of phenols is 1. The maximum absolute atomic E-state index is 10.0. The van der Waals surface area contributed by atoms with Crippen molar-refractivity contribution in [3.8, 4) is 11.5 Å². The second kappa shape index (κ2) is 9.74. The molecule has 1 atom stereocenters. The molecule has 2 aromatic carbocycles. The third-order valence-corrected chi connectivity index (χ3v) is 5.18. The van der Waals surface area contributed by atoms with Gasteiger partial charge in [-0.3, -0.25) is 9.80 Å². The molecule has 2 aromatic rings. The van der Waals surface area contributed by atoms with Crippen molar-refractivity contribution in [3.05, 3.63) is 59.7 Å². The summed E-state index contributed by atoms with van der Waals surface area (Å²) in [6.07, 6.45) is 0.744. The lowest BCUT2D eigenvalue weighted by atomic mass is 10.1. The standard InChI is InChI=1S/C22H30N2O3/c1-2-27-22-10-6-4-8-19(22)16-24-13-12-23(17-20(24)11-14-25)15-18-7-3-5-9-21(18)26/h3-10,20,25-26H,2,11-17H2,1H3/t20-/m1/s1. The molecule has 0 saturated carbocycles. The first-order valence-corrected chi connectivity index (χ1v) is 9.76. The van der Waals surface area contributed by atoms with Gasteiger partial charge in [0.05, 0.1) is 6.61 Å². The van der Waals surface area contributed by atoms with E-state index < -0.39 is 0 Å². The molecule has 1 heterocycles. The summed E-state index contributed by atoms with van der Waals surface area (Å²) in [5, 5.41) is 19.6. The summed E-state index contributed by atoms with van der Waals surface area (Å²) in [6, 6.07) is 16.0. The molecule has 0 amide bonds. The van der Waals surface area contributed by atoms with Gasteiger partial charge >= 0.3 is 0 Å². The van der Waals surface area contributed by atoms with Crippen LogP contribution in [0.15, 0.2) is 48.5 Å². The molecule has 0 radical (unpaired) electrons. The van der Waals surface area contributed by atoms with E-state index in [-0.39, 0.29) is 12.6 Å². The summed E-state index contributed by atoms with van der Waals surface area (Å²) < 4.78 is 5.77. The zero-order valence-electron chi connectivity index (χ0n) is 16.1. The predicted octanol–water partition coefficient (Wildman–Crippen LogP) is 2.86. The van der Waals surface area contributed by atoms with Crippen molar-refractivity contribution in [2.24, 2.45) is 0 Å². The SMILES string of the molecule is CCOc1ccccc1CN1CCN(Cc2ccccc2O)C[C@H]1CCO. The van der Waals surface area contributed by atoms with Gasteiger partial charge in [0.25, 0.3) is 0 Å². The van der Waals surface area contributed by atoms with Gasteiger partial charge in [-0.25, -0.2) is 0 Å². The fourth-order valence-electron chi connectivity index (χ4n) is 3.77. The largest absolute Gasteiger partial charge is 0.508 e. The van der Waals surface area contributed by atoms with Crippen LogP contribution in [0.2, 0.25) is 0 Å². The zero-order chi connectivity index (χ0) is 19.1. The molecule has 146 valence electrons. The molecule has 5 heteroatoms. The average Bonchev–Trinajstić information content (AvgIpc) is 2.67. The van der Waals surface area contributed by atoms with Gasteiger partial charge in [-0.1, -0.05) is 36.4 Å². The molecule has 0 spiro atoms. The second-order valence-electron chi connectivity index (χ2n) is 7.04. The highest BCUT2D eigenvalue weighted by Crippen LogP contribution is 2.25. The number of aliphatic hydroxyl groups is 1. The molecular formula is C22H30N2O3. The lowest BCUT2D eigenvalue weighted by Crippen LogP contribution is -2.52. The first kappa shape index (κ1) is 19.7. The number of aliphatic hydroxyl groups excluding tert-OH is 1. The Morgan fingerprint density at radius 1 is 1.00 bits per heavy atom. The Labute approximate surface area is 161 Å². The number of aromatic hydroxyl groups is 1. The lowest BCUT2D eigenvalue weighted by molar-refractivity contribution is 0.0491. The van der Waals surface area contributed by atoms with E-state index in [0.717, 1.165) is 50.5 Å². The number of hydrogen-bond donors (Lipinski definition) is 2. The Kier molecular flexibility index (Phi) is 7.10. The minimum atomic E-state index is 0.179. The number of piperazine rings is 1. The molecule has 1 aliphatic heterocycles. The van der Waals surface area contributed by atoms with E-state index in [1.165, 1.54) is 5.56 Å². The number of phenolic OH excluding ortho intramolecular Hbond substituents is 1. The first-order chi connectivity index (χ1) is 13.2. The van der Waals surface area contributed by atoms with Crippen molar-refractivity contribution in [1.82, 2.24) is 9.80 Å². The van der Waals surface area contributed by atoms with Crippen LogP contribution < -0.4 is 4.74 Å². The zero-order valence-corrected chi connectivity index (χ0v) is 16.1. The first-order valence-electron chi connectivity index (χ1n) is 9.76. The molecule has 1 fully saturated rings. The van der Waals surface area contributed by atoms with Gasteiger partial charge in [0.15, 0.2) is 0 Å². The van der Waals surface area contributed by atoms with Crippen LogP contribution in [0.3, 0.4) is 0 Å². The predicted molar refractivity (Wildman–Crippen MR) is 107 cm³/mol. The monoisotopic (exact) mass is 370 g/mol. The van der Waals surface area contributed by atoms with Crippen LogP contribution in [0.25, 0.3) is 0 Å². The number of hydrogen-bond acceptors (Lipinski definition) is 5.